The smallest absolute Gasteiger partial charge is 0.312 e. The third-order valence-corrected chi connectivity index (χ3v) is 4.47. The minimum atomic E-state index is -0.723. The minimum Gasteiger partial charge on any atom is -0.359 e. The molecule has 1 aliphatic carbocycles. The molecule has 0 spiro atoms. The number of pyridine rings is 1. The van der Waals surface area contributed by atoms with E-state index < -0.39 is 20.7 Å². The van der Waals surface area contributed by atoms with Crippen LogP contribution in [0.1, 0.15) is 25.0 Å². The lowest BCUT2D eigenvalue weighted by atomic mass is 10.2. The van der Waals surface area contributed by atoms with E-state index in [0.29, 0.717) is 30.2 Å². The third-order valence-electron chi connectivity index (χ3n) is 4.06. The molecule has 1 atom stereocenters. The predicted octanol–water partition coefficient (Wildman–Crippen LogP) is 2.64. The van der Waals surface area contributed by atoms with Gasteiger partial charge in [-0.05, 0) is 12.1 Å². The Balaban J connectivity index is 0.000000637. The largest absolute Gasteiger partial charge is 0.359 e. The highest BCUT2D eigenvalue weighted by molar-refractivity contribution is 7.31. The normalized spacial score (nSPS) is 16.6. The van der Waals surface area contributed by atoms with E-state index in [2.05, 4.69) is 10.1 Å². The standard InChI is InChI=1S/C15H16FN4O3P.C3H6/c16-24-8-7-19-5-6-20(15(22)14(19)21)10-11-9-13(18-23-11)12-3-1-2-4-17-12;1-2-3-1/h1-4,9,24H,5-8,10H2;1-3H2. The molecule has 2 aromatic heterocycles. The zero-order chi connectivity index (χ0) is 19.1. The van der Waals surface area contributed by atoms with Gasteiger partial charge in [-0.25, -0.2) is 4.20 Å². The van der Waals surface area contributed by atoms with Crippen LogP contribution < -0.4 is 0 Å². The summed E-state index contributed by atoms with van der Waals surface area (Å²) in [4.78, 5) is 31.2. The molecule has 4 rings (SSSR count). The van der Waals surface area contributed by atoms with Gasteiger partial charge in [-0.2, -0.15) is 0 Å². The highest BCUT2D eigenvalue weighted by Crippen LogP contribution is 2.19. The fraction of sp³-hybridized carbons (Fsp3) is 0.444. The van der Waals surface area contributed by atoms with Crippen molar-refractivity contribution in [2.75, 3.05) is 25.8 Å². The summed E-state index contributed by atoms with van der Waals surface area (Å²) in [6, 6.07) is 7.16. The lowest BCUT2D eigenvalue weighted by Gasteiger charge is -2.32. The number of aromatic nitrogens is 2. The Morgan fingerprint density at radius 1 is 1.07 bits per heavy atom. The van der Waals surface area contributed by atoms with Crippen LogP contribution in [0.5, 0.6) is 0 Å². The van der Waals surface area contributed by atoms with Crippen molar-refractivity contribution in [3.63, 3.8) is 0 Å². The Kier molecular flexibility index (Phi) is 6.87. The van der Waals surface area contributed by atoms with Crippen molar-refractivity contribution in [3.05, 3.63) is 36.2 Å². The van der Waals surface area contributed by atoms with Crippen molar-refractivity contribution in [2.45, 2.75) is 25.8 Å². The first-order valence-electron chi connectivity index (χ1n) is 8.97. The van der Waals surface area contributed by atoms with Crippen LogP contribution in [0.4, 0.5) is 4.20 Å². The molecular formula is C18H22FN4O3P. The number of hydrogen-bond donors (Lipinski definition) is 0. The zero-order valence-corrected chi connectivity index (χ0v) is 15.9. The predicted molar refractivity (Wildman–Crippen MR) is 99.9 cm³/mol. The number of carbonyl (C=O) groups is 2. The summed E-state index contributed by atoms with van der Waals surface area (Å²) in [7, 11) is -0.723. The molecule has 144 valence electrons. The van der Waals surface area contributed by atoms with E-state index in [0.717, 1.165) is 0 Å². The van der Waals surface area contributed by atoms with Crippen molar-refractivity contribution in [3.8, 4) is 11.4 Å². The Labute approximate surface area is 158 Å². The van der Waals surface area contributed by atoms with Crippen molar-refractivity contribution >= 4 is 20.7 Å². The van der Waals surface area contributed by atoms with Gasteiger partial charge in [-0.3, -0.25) is 14.6 Å². The van der Waals surface area contributed by atoms with E-state index in [-0.39, 0.29) is 19.3 Å². The third kappa shape index (κ3) is 5.57. The summed E-state index contributed by atoms with van der Waals surface area (Å²) in [5.41, 5.74) is 1.25. The number of nitrogens with zero attached hydrogens (tertiary/aromatic N) is 4. The maximum atomic E-state index is 12.2. The van der Waals surface area contributed by atoms with Crippen LogP contribution in [0.3, 0.4) is 0 Å². The summed E-state index contributed by atoms with van der Waals surface area (Å²) in [6.45, 7) is 1.23. The number of hydrogen-bond acceptors (Lipinski definition) is 5. The number of halogens is 1. The van der Waals surface area contributed by atoms with E-state index in [1.54, 1.807) is 24.4 Å². The summed E-state index contributed by atoms with van der Waals surface area (Å²) in [6.07, 6.45) is 6.43. The number of rotatable bonds is 6. The van der Waals surface area contributed by atoms with Crippen LogP contribution in [0.15, 0.2) is 35.0 Å². The minimum absolute atomic E-state index is 0.170. The second kappa shape index (κ2) is 9.55. The molecule has 2 aliphatic rings. The molecule has 2 aromatic rings. The van der Waals surface area contributed by atoms with Gasteiger partial charge in [0, 0.05) is 38.1 Å². The Morgan fingerprint density at radius 3 is 2.48 bits per heavy atom. The van der Waals surface area contributed by atoms with Gasteiger partial charge in [0.2, 0.25) is 0 Å². The first-order chi connectivity index (χ1) is 13.2. The SMILES string of the molecule is C1CC1.O=C1C(=O)N(Cc2cc(-c3ccccn3)no2)CCN1CCPF. The van der Waals surface area contributed by atoms with Crippen LogP contribution in [0.2, 0.25) is 0 Å². The molecule has 0 aromatic carbocycles. The average Bonchev–Trinajstić information content (AvgIpc) is 3.52. The van der Waals surface area contributed by atoms with Gasteiger partial charge in [-0.15, -0.1) is 0 Å². The van der Waals surface area contributed by atoms with Crippen molar-refractivity contribution in [1.82, 2.24) is 19.9 Å². The fourth-order valence-electron chi connectivity index (χ4n) is 2.47. The van der Waals surface area contributed by atoms with Gasteiger partial charge < -0.3 is 14.3 Å². The molecule has 2 amide bonds. The average molecular weight is 392 g/mol. The van der Waals surface area contributed by atoms with Gasteiger partial charge in [-0.1, -0.05) is 30.5 Å². The van der Waals surface area contributed by atoms with Gasteiger partial charge in [0.25, 0.3) is 0 Å². The molecule has 7 nitrogen and oxygen atoms in total. The highest BCUT2D eigenvalue weighted by Gasteiger charge is 2.32. The molecular weight excluding hydrogens is 370 g/mol. The number of carbonyl (C=O) groups excluding carboxylic acids is 2. The molecule has 0 N–H and O–H groups in total. The Morgan fingerprint density at radius 2 is 1.81 bits per heavy atom. The summed E-state index contributed by atoms with van der Waals surface area (Å²) in [5.74, 6) is -0.710. The summed E-state index contributed by atoms with van der Waals surface area (Å²) in [5, 5.41) is 3.94. The molecule has 1 saturated carbocycles. The van der Waals surface area contributed by atoms with Crippen LogP contribution in [-0.2, 0) is 16.1 Å². The van der Waals surface area contributed by atoms with Crippen molar-refractivity contribution < 1.29 is 18.3 Å². The second-order valence-electron chi connectivity index (χ2n) is 6.36. The molecule has 0 bridgehead atoms. The van der Waals surface area contributed by atoms with E-state index in [1.807, 2.05) is 6.07 Å². The van der Waals surface area contributed by atoms with E-state index in [4.69, 9.17) is 4.52 Å². The van der Waals surface area contributed by atoms with Gasteiger partial charge in [0.15, 0.2) is 5.76 Å². The number of piperazine rings is 1. The van der Waals surface area contributed by atoms with Crippen LogP contribution in [-0.4, -0.2) is 57.6 Å². The maximum Gasteiger partial charge on any atom is 0.312 e. The van der Waals surface area contributed by atoms with Crippen LogP contribution in [0.25, 0.3) is 11.4 Å². The van der Waals surface area contributed by atoms with Gasteiger partial charge >= 0.3 is 11.8 Å². The van der Waals surface area contributed by atoms with Crippen molar-refractivity contribution in [1.29, 1.82) is 0 Å². The van der Waals surface area contributed by atoms with E-state index in [9.17, 15) is 13.8 Å². The molecule has 0 radical (unpaired) electrons. The van der Waals surface area contributed by atoms with E-state index >= 15 is 0 Å². The van der Waals surface area contributed by atoms with Crippen LogP contribution in [0, 0.1) is 0 Å². The maximum absolute atomic E-state index is 12.2. The lowest BCUT2D eigenvalue weighted by Crippen LogP contribution is -2.54. The molecule has 27 heavy (non-hydrogen) atoms. The topological polar surface area (TPSA) is 79.5 Å². The van der Waals surface area contributed by atoms with Crippen molar-refractivity contribution in [2.24, 2.45) is 0 Å². The lowest BCUT2D eigenvalue weighted by molar-refractivity contribution is -0.156. The molecule has 1 saturated heterocycles. The second-order valence-corrected chi connectivity index (χ2v) is 7.12. The molecule has 1 aliphatic heterocycles. The Bertz CT molecular complexity index is 766. The van der Waals surface area contributed by atoms with Crippen LogP contribution >= 0.6 is 8.89 Å². The molecule has 3 heterocycles. The summed E-state index contributed by atoms with van der Waals surface area (Å²) >= 11 is 0. The van der Waals surface area contributed by atoms with E-state index in [1.165, 1.54) is 29.1 Å². The molecule has 2 fully saturated rings. The monoisotopic (exact) mass is 392 g/mol. The van der Waals surface area contributed by atoms with Gasteiger partial charge in [0.05, 0.1) is 21.1 Å². The summed E-state index contributed by atoms with van der Waals surface area (Å²) < 4.78 is 17.5. The highest BCUT2D eigenvalue weighted by atomic mass is 31.1. The first kappa shape index (κ1) is 19.4. The van der Waals surface area contributed by atoms with Gasteiger partial charge in [0.1, 0.15) is 5.69 Å². The Hall–Kier alpha value is -2.34. The molecule has 1 unspecified atom stereocenters. The first-order valence-corrected chi connectivity index (χ1v) is 10.1. The number of amides is 2. The quantitative estimate of drug-likeness (QED) is 0.558. The fourth-order valence-corrected chi connectivity index (χ4v) is 2.82. The molecule has 9 heteroatoms. The zero-order valence-electron chi connectivity index (χ0n) is 14.9.